The fourth-order valence-corrected chi connectivity index (χ4v) is 9.85. The lowest BCUT2D eigenvalue weighted by Gasteiger charge is -2.49. The van der Waals surface area contributed by atoms with Gasteiger partial charge < -0.3 is 20.1 Å². The lowest BCUT2D eigenvalue weighted by Crippen LogP contribution is -2.63. The van der Waals surface area contributed by atoms with Gasteiger partial charge in [0.1, 0.15) is 6.04 Å². The van der Waals surface area contributed by atoms with Crippen molar-refractivity contribution >= 4 is 40.1 Å². The van der Waals surface area contributed by atoms with Crippen molar-refractivity contribution in [3.05, 3.63) is 88.6 Å². The summed E-state index contributed by atoms with van der Waals surface area (Å²) < 4.78 is 3.19. The summed E-state index contributed by atoms with van der Waals surface area (Å²) in [6, 6.07) is 20.5. The third kappa shape index (κ3) is 5.58. The maximum Gasteiger partial charge on any atom is 0.329 e. The normalized spacial score (nSPS) is 21.5. The molecule has 282 valence electrons. The van der Waals surface area contributed by atoms with Gasteiger partial charge in [0.05, 0.1) is 28.0 Å². The molecule has 3 saturated heterocycles. The van der Waals surface area contributed by atoms with Gasteiger partial charge in [-0.1, -0.05) is 31.0 Å². The highest BCUT2D eigenvalue weighted by atomic mass is 16.2. The Morgan fingerprint density at radius 1 is 0.855 bits per heavy atom. The number of H-pyrrole nitrogens is 1. The number of imide groups is 1. The number of nitrogens with zero attached hydrogens (tertiary/aromatic N) is 6. The smallest absolute Gasteiger partial charge is 0.329 e. The molecule has 4 fully saturated rings. The van der Waals surface area contributed by atoms with Crippen LogP contribution in [0.15, 0.2) is 71.7 Å². The zero-order valence-electron chi connectivity index (χ0n) is 31.0. The Morgan fingerprint density at radius 2 is 1.64 bits per heavy atom. The molecular formula is C42H45N9O4. The van der Waals surface area contributed by atoms with E-state index in [0.29, 0.717) is 12.5 Å². The molecule has 1 unspecified atom stereocenters. The molecule has 7 heterocycles. The van der Waals surface area contributed by atoms with Gasteiger partial charge in [-0.2, -0.15) is 0 Å². The van der Waals surface area contributed by atoms with Gasteiger partial charge in [-0.3, -0.25) is 38.7 Å². The third-order valence-corrected chi connectivity index (χ3v) is 13.0. The van der Waals surface area contributed by atoms with E-state index in [1.165, 1.54) is 18.5 Å². The van der Waals surface area contributed by atoms with Crippen LogP contribution >= 0.6 is 0 Å². The van der Waals surface area contributed by atoms with Gasteiger partial charge in [-0.15, -0.1) is 0 Å². The Labute approximate surface area is 318 Å². The first-order chi connectivity index (χ1) is 26.8. The van der Waals surface area contributed by atoms with E-state index in [0.717, 1.165) is 109 Å². The second-order valence-corrected chi connectivity index (χ2v) is 16.0. The Kier molecular flexibility index (Phi) is 7.98. The van der Waals surface area contributed by atoms with E-state index in [-0.39, 0.29) is 29.3 Å². The zero-order valence-corrected chi connectivity index (χ0v) is 31.0. The number of pyridine rings is 1. The molecular weight excluding hydrogens is 695 g/mol. The number of nitrogens with one attached hydrogen (secondary N) is 3. The number of aryl methyl sites for hydroxylation is 1. The molecule has 2 aromatic carbocycles. The number of para-hydroxylation sites is 1. The van der Waals surface area contributed by atoms with Crippen LogP contribution in [0.4, 0.5) is 11.4 Å². The maximum absolute atomic E-state index is 13.4. The van der Waals surface area contributed by atoms with Crippen molar-refractivity contribution in [1.82, 2.24) is 34.6 Å². The number of aromatic nitrogens is 4. The van der Waals surface area contributed by atoms with E-state index in [4.69, 9.17) is 4.98 Å². The lowest BCUT2D eigenvalue weighted by atomic mass is 9.78. The first-order valence-electron chi connectivity index (χ1n) is 19.6. The number of rotatable bonds is 6. The predicted molar refractivity (Wildman–Crippen MR) is 210 cm³/mol. The number of piperazine rings is 1. The number of carbonyl (C=O) groups is 3. The molecule has 0 radical (unpaired) electrons. The number of carbonyl (C=O) groups excluding carboxylic acids is 3. The zero-order chi connectivity index (χ0) is 37.4. The van der Waals surface area contributed by atoms with E-state index < -0.39 is 11.9 Å². The topological polar surface area (TPSA) is 141 Å². The molecule has 55 heavy (non-hydrogen) atoms. The van der Waals surface area contributed by atoms with Crippen LogP contribution in [0, 0.1) is 0 Å². The van der Waals surface area contributed by atoms with Crippen LogP contribution in [-0.4, -0.2) is 93.6 Å². The van der Waals surface area contributed by atoms with E-state index in [1.54, 1.807) is 16.2 Å². The van der Waals surface area contributed by atoms with Crippen LogP contribution in [0.2, 0.25) is 0 Å². The van der Waals surface area contributed by atoms with Gasteiger partial charge in [0.25, 0.3) is 5.91 Å². The number of imidazole rings is 1. The number of piperidine rings is 1. The summed E-state index contributed by atoms with van der Waals surface area (Å²) >= 11 is 0. The van der Waals surface area contributed by atoms with Gasteiger partial charge in [-0.05, 0) is 61.7 Å². The summed E-state index contributed by atoms with van der Waals surface area (Å²) in [5, 5.41) is 5.54. The fraction of sp³-hybridized carbons (Fsp3) is 0.405. The molecule has 0 bridgehead atoms. The average molecular weight is 740 g/mol. The molecule has 4 aliphatic heterocycles. The Morgan fingerprint density at radius 3 is 2.40 bits per heavy atom. The number of anilines is 2. The van der Waals surface area contributed by atoms with Crippen molar-refractivity contribution in [2.45, 2.75) is 56.0 Å². The molecule has 13 nitrogen and oxygen atoms in total. The summed E-state index contributed by atoms with van der Waals surface area (Å²) in [7, 11) is 1.76. The Hall–Kier alpha value is -5.69. The second kappa shape index (κ2) is 13.0. The molecule has 3 aromatic heterocycles. The fourth-order valence-electron chi connectivity index (χ4n) is 9.85. The Balaban J connectivity index is 0.784. The quantitative estimate of drug-likeness (QED) is 0.223. The van der Waals surface area contributed by atoms with Crippen LogP contribution < -0.4 is 26.1 Å². The number of hydrogen-bond acceptors (Lipinski definition) is 8. The SMILES string of the molecule is Cn1c(=O)n(C2CCC(=O)NC2=O)c2cccc(N3CC(N4CCN(c5ccc(-c6cc(-c7cc8c([nH]7)C7(CCCC7)CNC8=O)ccn6)cc5)CC4)C3)c21. The number of hydrogen-bond donors (Lipinski definition) is 3. The summed E-state index contributed by atoms with van der Waals surface area (Å²) in [6.07, 6.45) is 7.00. The van der Waals surface area contributed by atoms with Gasteiger partial charge in [0.2, 0.25) is 11.8 Å². The number of aromatic amines is 1. The summed E-state index contributed by atoms with van der Waals surface area (Å²) in [5.41, 5.74) is 9.36. The van der Waals surface area contributed by atoms with E-state index in [9.17, 15) is 19.2 Å². The molecule has 1 atom stereocenters. The molecule has 1 aliphatic carbocycles. The number of fused-ring (bicyclic) bond motifs is 3. The van der Waals surface area contributed by atoms with Crippen molar-refractivity contribution < 1.29 is 14.4 Å². The predicted octanol–water partition coefficient (Wildman–Crippen LogP) is 3.94. The Bertz CT molecular complexity index is 2410. The van der Waals surface area contributed by atoms with Crippen molar-refractivity contribution in [1.29, 1.82) is 0 Å². The van der Waals surface area contributed by atoms with Crippen LogP contribution in [0.5, 0.6) is 0 Å². The van der Waals surface area contributed by atoms with Crippen LogP contribution in [-0.2, 0) is 22.1 Å². The number of benzene rings is 2. The van der Waals surface area contributed by atoms with Gasteiger partial charge in [-0.25, -0.2) is 4.79 Å². The standard InChI is InChI=1S/C42H45N9O4/c1-47-37-33(5-4-6-34(37)51(41(47)55)35-11-12-36(52)46-40(35)54)50-23-29(24-50)49-19-17-48(18-20-49)28-9-7-26(8-10-28)31-21-27(13-16-43-31)32-22-30-38(45-32)42(14-2-3-15-42)25-44-39(30)53/h4-10,13,16,21-22,29,35,45H,2-3,11-12,14-15,17-20,23-25H2,1H3,(H,44,53)(H,46,52,54). The highest BCUT2D eigenvalue weighted by molar-refractivity contribution is 6.01. The molecule has 1 spiro atoms. The van der Waals surface area contributed by atoms with Crippen molar-refractivity contribution in [3.63, 3.8) is 0 Å². The highest BCUT2D eigenvalue weighted by Gasteiger charge is 2.43. The van der Waals surface area contributed by atoms with Gasteiger partial charge in [0.15, 0.2) is 0 Å². The summed E-state index contributed by atoms with van der Waals surface area (Å²) in [4.78, 5) is 66.4. The maximum atomic E-state index is 13.4. The van der Waals surface area contributed by atoms with Crippen LogP contribution in [0.1, 0.15) is 60.6 Å². The number of amides is 3. The van der Waals surface area contributed by atoms with Gasteiger partial charge >= 0.3 is 5.69 Å². The van der Waals surface area contributed by atoms with E-state index in [2.05, 4.69) is 66.7 Å². The van der Waals surface area contributed by atoms with Crippen LogP contribution in [0.25, 0.3) is 33.5 Å². The first-order valence-corrected chi connectivity index (χ1v) is 19.6. The largest absolute Gasteiger partial charge is 0.369 e. The van der Waals surface area contributed by atoms with Crippen molar-refractivity contribution in [2.24, 2.45) is 7.05 Å². The molecule has 13 heteroatoms. The molecule has 5 aliphatic rings. The molecule has 3 N–H and O–H groups in total. The summed E-state index contributed by atoms with van der Waals surface area (Å²) in [6.45, 7) is 6.28. The molecule has 5 aromatic rings. The average Bonchev–Trinajstić information content (AvgIpc) is 3.92. The van der Waals surface area contributed by atoms with Gasteiger partial charge in [0, 0.05) is 105 Å². The minimum Gasteiger partial charge on any atom is -0.369 e. The molecule has 10 rings (SSSR count). The minimum atomic E-state index is -0.694. The lowest BCUT2D eigenvalue weighted by molar-refractivity contribution is -0.135. The van der Waals surface area contributed by atoms with Crippen LogP contribution in [0.3, 0.4) is 0 Å². The monoisotopic (exact) mass is 739 g/mol. The molecule has 1 saturated carbocycles. The van der Waals surface area contributed by atoms with Crippen molar-refractivity contribution in [3.8, 4) is 22.5 Å². The molecule has 3 amide bonds. The minimum absolute atomic E-state index is 0.0128. The second-order valence-electron chi connectivity index (χ2n) is 16.0. The van der Waals surface area contributed by atoms with E-state index >= 15 is 0 Å². The summed E-state index contributed by atoms with van der Waals surface area (Å²) in [5.74, 6) is -0.699. The van der Waals surface area contributed by atoms with Crippen molar-refractivity contribution in [2.75, 3.05) is 55.6 Å². The third-order valence-electron chi connectivity index (χ3n) is 13.0. The highest BCUT2D eigenvalue weighted by Crippen LogP contribution is 2.44. The first kappa shape index (κ1) is 33.8. The van der Waals surface area contributed by atoms with E-state index in [1.807, 2.05) is 30.5 Å².